The van der Waals surface area contributed by atoms with Gasteiger partial charge in [0, 0.05) is 0 Å². The van der Waals surface area contributed by atoms with Crippen molar-refractivity contribution in [1.29, 1.82) is 0 Å². The molecule has 0 fully saturated rings. The van der Waals surface area contributed by atoms with Gasteiger partial charge in [-0.3, -0.25) is 10.0 Å². The first-order valence-electron chi connectivity index (χ1n) is 1.73. The minimum Gasteiger partial charge on any atom is -0.289 e. The van der Waals surface area contributed by atoms with Crippen LogP contribution in [0.5, 0.6) is 0 Å². The third kappa shape index (κ3) is 3.61. The van der Waals surface area contributed by atoms with E-state index in [1.807, 2.05) is 0 Å². The molecule has 0 aliphatic heterocycles. The number of thioether (sulfide) groups is 1. The molecule has 2 N–H and O–H groups in total. The maximum Gasteiger partial charge on any atom is 0.253 e. The summed E-state index contributed by atoms with van der Waals surface area (Å²) in [7, 11) is 0. The highest BCUT2D eigenvalue weighted by atomic mass is 32.2. The molecule has 4 heteroatoms. The highest BCUT2D eigenvalue weighted by Gasteiger charge is 1.91. The average molecular weight is 121 g/mol. The predicted octanol–water partition coefficient (Wildman–Crippen LogP) is -0.145. The molecule has 0 spiro atoms. The zero-order chi connectivity index (χ0) is 5.70. The standard InChI is InChI=1S/C3H7NO2S/c1-7-2-3(5)4-6/h6H,2H2,1H3,(H,4,5). The van der Waals surface area contributed by atoms with Gasteiger partial charge in [-0.25, -0.2) is 5.48 Å². The fourth-order valence-corrected chi connectivity index (χ4v) is 0.490. The Hall–Kier alpha value is -0.220. The molecule has 7 heavy (non-hydrogen) atoms. The Labute approximate surface area is 46.1 Å². The minimum absolute atomic E-state index is 0.316. The first kappa shape index (κ1) is 6.78. The second kappa shape index (κ2) is 3.95. The van der Waals surface area contributed by atoms with Crippen molar-refractivity contribution >= 4 is 17.7 Å². The Balaban J connectivity index is 3.00. The Morgan fingerprint density at radius 1 is 2.00 bits per heavy atom. The van der Waals surface area contributed by atoms with Gasteiger partial charge in [-0.15, -0.1) is 0 Å². The summed E-state index contributed by atoms with van der Waals surface area (Å²) in [6.45, 7) is 0. The molecule has 0 saturated heterocycles. The van der Waals surface area contributed by atoms with E-state index in [0.29, 0.717) is 5.75 Å². The van der Waals surface area contributed by atoms with Gasteiger partial charge in [-0.05, 0) is 6.26 Å². The van der Waals surface area contributed by atoms with Gasteiger partial charge in [0.25, 0.3) is 5.91 Å². The molecule has 0 aromatic carbocycles. The number of nitrogens with one attached hydrogen (secondary N) is 1. The summed E-state index contributed by atoms with van der Waals surface area (Å²) in [6, 6.07) is 0. The van der Waals surface area contributed by atoms with Crippen LogP contribution >= 0.6 is 11.8 Å². The second-order valence-corrected chi connectivity index (χ2v) is 1.83. The van der Waals surface area contributed by atoms with Crippen LogP contribution in [0.4, 0.5) is 0 Å². The molecule has 0 radical (unpaired) electrons. The number of rotatable bonds is 2. The number of hydroxylamine groups is 1. The summed E-state index contributed by atoms with van der Waals surface area (Å²) >= 11 is 1.36. The van der Waals surface area contributed by atoms with E-state index in [-0.39, 0.29) is 5.91 Å². The second-order valence-electron chi connectivity index (χ2n) is 0.968. The van der Waals surface area contributed by atoms with Crippen LogP contribution in [0.1, 0.15) is 0 Å². The van der Waals surface area contributed by atoms with Gasteiger partial charge < -0.3 is 0 Å². The van der Waals surface area contributed by atoms with Crippen LogP contribution in [-0.4, -0.2) is 23.1 Å². The van der Waals surface area contributed by atoms with Gasteiger partial charge in [0.05, 0.1) is 5.75 Å². The average Bonchev–Trinajstić information content (AvgIpc) is 1.68. The maximum absolute atomic E-state index is 10.0. The van der Waals surface area contributed by atoms with Gasteiger partial charge in [-0.2, -0.15) is 11.8 Å². The lowest BCUT2D eigenvalue weighted by Gasteiger charge is -1.89. The lowest BCUT2D eigenvalue weighted by Crippen LogP contribution is -2.20. The van der Waals surface area contributed by atoms with Crippen molar-refractivity contribution in [2.75, 3.05) is 12.0 Å². The van der Waals surface area contributed by atoms with Crippen LogP contribution in [0.2, 0.25) is 0 Å². The monoisotopic (exact) mass is 121 g/mol. The van der Waals surface area contributed by atoms with Gasteiger partial charge in [0.15, 0.2) is 0 Å². The van der Waals surface area contributed by atoms with Gasteiger partial charge >= 0.3 is 0 Å². The van der Waals surface area contributed by atoms with Crippen LogP contribution in [0.15, 0.2) is 0 Å². The first-order valence-corrected chi connectivity index (χ1v) is 3.12. The molecule has 0 bridgehead atoms. The highest BCUT2D eigenvalue weighted by molar-refractivity contribution is 7.99. The molecule has 1 amide bonds. The molecule has 0 heterocycles. The van der Waals surface area contributed by atoms with Crippen LogP contribution < -0.4 is 5.48 Å². The van der Waals surface area contributed by atoms with Crippen LogP contribution in [0, 0.1) is 0 Å². The maximum atomic E-state index is 10.0. The quantitative estimate of drug-likeness (QED) is 0.394. The molecule has 42 valence electrons. The van der Waals surface area contributed by atoms with Crippen molar-refractivity contribution in [3.8, 4) is 0 Å². The fourth-order valence-electron chi connectivity index (χ4n) is 0.163. The van der Waals surface area contributed by atoms with Gasteiger partial charge in [0.1, 0.15) is 0 Å². The molecule has 0 atom stereocenters. The van der Waals surface area contributed by atoms with E-state index in [1.54, 1.807) is 6.26 Å². The lowest BCUT2D eigenvalue weighted by atomic mass is 10.8. The van der Waals surface area contributed by atoms with Crippen LogP contribution in [0.25, 0.3) is 0 Å². The van der Waals surface area contributed by atoms with Crippen molar-refractivity contribution in [3.63, 3.8) is 0 Å². The zero-order valence-corrected chi connectivity index (χ0v) is 4.79. The van der Waals surface area contributed by atoms with E-state index in [1.165, 1.54) is 17.2 Å². The normalized spacial score (nSPS) is 8.29. The molecule has 0 unspecified atom stereocenters. The highest BCUT2D eigenvalue weighted by Crippen LogP contribution is 1.87. The van der Waals surface area contributed by atoms with Gasteiger partial charge in [-0.1, -0.05) is 0 Å². The van der Waals surface area contributed by atoms with E-state index < -0.39 is 0 Å². The molecule has 0 saturated carbocycles. The zero-order valence-electron chi connectivity index (χ0n) is 3.97. The topological polar surface area (TPSA) is 49.3 Å². The molecule has 0 aromatic rings. The molecule has 0 aliphatic rings. The van der Waals surface area contributed by atoms with E-state index >= 15 is 0 Å². The fraction of sp³-hybridized carbons (Fsp3) is 0.667. The van der Waals surface area contributed by atoms with Crippen molar-refractivity contribution in [2.24, 2.45) is 0 Å². The summed E-state index contributed by atoms with van der Waals surface area (Å²) in [5, 5.41) is 7.85. The number of amides is 1. The number of hydrogen-bond acceptors (Lipinski definition) is 3. The molecule has 0 rings (SSSR count). The SMILES string of the molecule is CSCC(=O)NO. The lowest BCUT2D eigenvalue weighted by molar-refractivity contribution is -0.126. The summed E-state index contributed by atoms with van der Waals surface area (Å²) in [5.41, 5.74) is 1.51. The van der Waals surface area contributed by atoms with Gasteiger partial charge in [0.2, 0.25) is 0 Å². The summed E-state index contributed by atoms with van der Waals surface area (Å²) in [4.78, 5) is 10.0. The Kier molecular flexibility index (Phi) is 3.83. The summed E-state index contributed by atoms with van der Waals surface area (Å²) < 4.78 is 0. The van der Waals surface area contributed by atoms with Crippen molar-refractivity contribution < 1.29 is 10.0 Å². The Morgan fingerprint density at radius 3 is 2.71 bits per heavy atom. The summed E-state index contributed by atoms with van der Waals surface area (Å²) in [5.74, 6) is -0.0382. The largest absolute Gasteiger partial charge is 0.289 e. The first-order chi connectivity index (χ1) is 3.31. The molecule has 0 aromatic heterocycles. The minimum atomic E-state index is -0.354. The molecular formula is C3H7NO2S. The van der Waals surface area contributed by atoms with E-state index in [0.717, 1.165) is 0 Å². The third-order valence-electron chi connectivity index (χ3n) is 0.400. The third-order valence-corrected chi connectivity index (χ3v) is 0.951. The van der Waals surface area contributed by atoms with Crippen molar-refractivity contribution in [3.05, 3.63) is 0 Å². The summed E-state index contributed by atoms with van der Waals surface area (Å²) in [6.07, 6.45) is 1.79. The van der Waals surface area contributed by atoms with E-state index in [4.69, 9.17) is 5.21 Å². The van der Waals surface area contributed by atoms with E-state index in [2.05, 4.69) is 0 Å². The Bertz CT molecular complexity index is 66.0. The number of carbonyl (C=O) groups excluding carboxylic acids is 1. The van der Waals surface area contributed by atoms with E-state index in [9.17, 15) is 4.79 Å². The number of hydrogen-bond donors (Lipinski definition) is 2. The van der Waals surface area contributed by atoms with Crippen LogP contribution in [-0.2, 0) is 4.79 Å². The molecule has 3 nitrogen and oxygen atoms in total. The molecular weight excluding hydrogens is 114 g/mol. The van der Waals surface area contributed by atoms with Crippen molar-refractivity contribution in [1.82, 2.24) is 5.48 Å². The smallest absolute Gasteiger partial charge is 0.253 e. The van der Waals surface area contributed by atoms with Crippen molar-refractivity contribution in [2.45, 2.75) is 0 Å². The van der Waals surface area contributed by atoms with Crippen LogP contribution in [0.3, 0.4) is 0 Å². The predicted molar refractivity (Wildman–Crippen MR) is 28.3 cm³/mol. The number of carbonyl (C=O) groups is 1. The Morgan fingerprint density at radius 2 is 2.57 bits per heavy atom. The molecule has 0 aliphatic carbocycles.